The summed E-state index contributed by atoms with van der Waals surface area (Å²) < 4.78 is 16.3. The minimum atomic E-state index is -0.658. The normalized spacial score (nSPS) is 24.3. The molecule has 1 fully saturated rings. The van der Waals surface area contributed by atoms with Gasteiger partial charge in [0, 0.05) is 6.61 Å². The topological polar surface area (TPSA) is 47.9 Å². The molecule has 0 bridgehead atoms. The van der Waals surface area contributed by atoms with E-state index < -0.39 is 11.7 Å². The number of rotatable bonds is 4. The molecule has 0 spiro atoms. The smallest absolute Gasteiger partial charge is 0.161 e. The summed E-state index contributed by atoms with van der Waals surface area (Å²) in [5.74, 6) is 1.30. The Kier molecular flexibility index (Phi) is 4.02. The SMILES string of the molecule is COc1cc(C)c(C(O)C2(C)CCCO2)cc1OC. The van der Waals surface area contributed by atoms with Crippen molar-refractivity contribution in [2.24, 2.45) is 0 Å². The van der Waals surface area contributed by atoms with Crippen LogP contribution in [-0.4, -0.2) is 31.5 Å². The van der Waals surface area contributed by atoms with E-state index in [-0.39, 0.29) is 0 Å². The lowest BCUT2D eigenvalue weighted by molar-refractivity contribution is -0.0799. The van der Waals surface area contributed by atoms with Gasteiger partial charge in [-0.05, 0) is 49.9 Å². The van der Waals surface area contributed by atoms with Gasteiger partial charge in [0.25, 0.3) is 0 Å². The van der Waals surface area contributed by atoms with E-state index in [0.29, 0.717) is 18.1 Å². The van der Waals surface area contributed by atoms with Crippen molar-refractivity contribution in [3.8, 4) is 11.5 Å². The molecule has 0 radical (unpaired) electrons. The quantitative estimate of drug-likeness (QED) is 0.910. The lowest BCUT2D eigenvalue weighted by atomic mass is 9.88. The van der Waals surface area contributed by atoms with Crippen molar-refractivity contribution in [1.82, 2.24) is 0 Å². The van der Waals surface area contributed by atoms with Gasteiger partial charge in [-0.3, -0.25) is 0 Å². The Hall–Kier alpha value is -1.26. The van der Waals surface area contributed by atoms with E-state index >= 15 is 0 Å². The Labute approximate surface area is 114 Å². The molecule has 1 aliphatic rings. The standard InChI is InChI=1S/C15H22O4/c1-10-8-12(17-3)13(18-4)9-11(10)14(16)15(2)6-5-7-19-15/h8-9,14,16H,5-7H2,1-4H3. The number of methoxy groups -OCH3 is 2. The van der Waals surface area contributed by atoms with Gasteiger partial charge in [0.1, 0.15) is 6.10 Å². The summed E-state index contributed by atoms with van der Waals surface area (Å²) in [6.07, 6.45) is 1.19. The molecule has 0 saturated carbocycles. The molecular weight excluding hydrogens is 244 g/mol. The summed E-state index contributed by atoms with van der Waals surface area (Å²) in [4.78, 5) is 0. The lowest BCUT2D eigenvalue weighted by Gasteiger charge is -2.31. The van der Waals surface area contributed by atoms with Crippen LogP contribution in [0.25, 0.3) is 0 Å². The average molecular weight is 266 g/mol. The summed E-state index contributed by atoms with van der Waals surface area (Å²) in [6.45, 7) is 4.62. The first-order chi connectivity index (χ1) is 9.01. The molecule has 4 heteroatoms. The molecule has 4 nitrogen and oxygen atoms in total. The third-order valence-electron chi connectivity index (χ3n) is 3.89. The highest BCUT2D eigenvalue weighted by molar-refractivity contribution is 5.48. The number of hydrogen-bond donors (Lipinski definition) is 1. The Morgan fingerprint density at radius 2 is 1.89 bits per heavy atom. The largest absolute Gasteiger partial charge is 0.493 e. The number of benzene rings is 1. The van der Waals surface area contributed by atoms with Gasteiger partial charge < -0.3 is 19.3 Å². The molecule has 1 saturated heterocycles. The first kappa shape index (κ1) is 14.2. The van der Waals surface area contributed by atoms with E-state index in [0.717, 1.165) is 24.0 Å². The Morgan fingerprint density at radius 1 is 1.26 bits per heavy atom. The second kappa shape index (κ2) is 5.39. The van der Waals surface area contributed by atoms with Gasteiger partial charge in [-0.25, -0.2) is 0 Å². The monoisotopic (exact) mass is 266 g/mol. The van der Waals surface area contributed by atoms with Gasteiger partial charge in [0.2, 0.25) is 0 Å². The zero-order valence-electron chi connectivity index (χ0n) is 12.0. The van der Waals surface area contributed by atoms with E-state index in [1.165, 1.54) is 0 Å². The maximum atomic E-state index is 10.6. The number of ether oxygens (including phenoxy) is 3. The number of aliphatic hydroxyl groups excluding tert-OH is 1. The summed E-state index contributed by atoms with van der Waals surface area (Å²) in [7, 11) is 3.20. The molecule has 19 heavy (non-hydrogen) atoms. The van der Waals surface area contributed by atoms with Crippen LogP contribution in [0, 0.1) is 6.92 Å². The van der Waals surface area contributed by atoms with Gasteiger partial charge in [0.05, 0.1) is 19.8 Å². The fraction of sp³-hybridized carbons (Fsp3) is 0.600. The fourth-order valence-corrected chi connectivity index (χ4v) is 2.64. The summed E-state index contributed by atoms with van der Waals surface area (Å²) in [5, 5.41) is 10.6. The van der Waals surface area contributed by atoms with Crippen LogP contribution < -0.4 is 9.47 Å². The van der Waals surface area contributed by atoms with Crippen LogP contribution in [-0.2, 0) is 4.74 Å². The molecule has 1 aliphatic heterocycles. The van der Waals surface area contributed by atoms with Crippen molar-refractivity contribution in [2.75, 3.05) is 20.8 Å². The van der Waals surface area contributed by atoms with Crippen LogP contribution in [0.3, 0.4) is 0 Å². The van der Waals surface area contributed by atoms with Gasteiger partial charge in [-0.2, -0.15) is 0 Å². The van der Waals surface area contributed by atoms with Crippen molar-refractivity contribution in [2.45, 2.75) is 38.4 Å². The molecule has 1 aromatic rings. The zero-order chi connectivity index (χ0) is 14.0. The highest BCUT2D eigenvalue weighted by atomic mass is 16.5. The molecule has 0 aromatic heterocycles. The second-order valence-electron chi connectivity index (χ2n) is 5.23. The highest BCUT2D eigenvalue weighted by Gasteiger charge is 2.39. The van der Waals surface area contributed by atoms with Crippen LogP contribution in [0.1, 0.15) is 37.0 Å². The Bertz CT molecular complexity index is 450. The van der Waals surface area contributed by atoms with Gasteiger partial charge >= 0.3 is 0 Å². The molecule has 2 rings (SSSR count). The minimum absolute atomic E-state index is 0.510. The van der Waals surface area contributed by atoms with Crippen LogP contribution in [0.4, 0.5) is 0 Å². The van der Waals surface area contributed by atoms with Crippen LogP contribution in [0.15, 0.2) is 12.1 Å². The van der Waals surface area contributed by atoms with Crippen LogP contribution in [0.2, 0.25) is 0 Å². The van der Waals surface area contributed by atoms with Gasteiger partial charge in [-0.15, -0.1) is 0 Å². The van der Waals surface area contributed by atoms with Crippen molar-refractivity contribution in [3.05, 3.63) is 23.3 Å². The van der Waals surface area contributed by atoms with Crippen molar-refractivity contribution in [1.29, 1.82) is 0 Å². The fourth-order valence-electron chi connectivity index (χ4n) is 2.64. The first-order valence-electron chi connectivity index (χ1n) is 6.56. The van der Waals surface area contributed by atoms with Crippen molar-refractivity contribution < 1.29 is 19.3 Å². The third-order valence-corrected chi connectivity index (χ3v) is 3.89. The maximum absolute atomic E-state index is 10.6. The maximum Gasteiger partial charge on any atom is 0.161 e. The Morgan fingerprint density at radius 3 is 2.42 bits per heavy atom. The molecule has 2 unspecified atom stereocenters. The van der Waals surface area contributed by atoms with Crippen LogP contribution >= 0.6 is 0 Å². The molecule has 2 atom stereocenters. The summed E-state index contributed by atoms with van der Waals surface area (Å²) in [6, 6.07) is 3.72. The van der Waals surface area contributed by atoms with Crippen molar-refractivity contribution >= 4 is 0 Å². The number of aliphatic hydroxyl groups is 1. The molecule has 106 valence electrons. The van der Waals surface area contributed by atoms with Gasteiger partial charge in [-0.1, -0.05) is 0 Å². The molecule has 0 aliphatic carbocycles. The molecule has 1 N–H and O–H groups in total. The van der Waals surface area contributed by atoms with E-state index in [1.807, 2.05) is 26.0 Å². The Balaban J connectivity index is 2.38. The van der Waals surface area contributed by atoms with E-state index in [9.17, 15) is 5.11 Å². The average Bonchev–Trinajstić information content (AvgIpc) is 2.85. The highest BCUT2D eigenvalue weighted by Crippen LogP contribution is 2.41. The van der Waals surface area contributed by atoms with E-state index in [4.69, 9.17) is 14.2 Å². The summed E-state index contributed by atoms with van der Waals surface area (Å²) >= 11 is 0. The zero-order valence-corrected chi connectivity index (χ0v) is 12.0. The lowest BCUT2D eigenvalue weighted by Crippen LogP contribution is -2.32. The third kappa shape index (κ3) is 2.55. The predicted octanol–water partition coefficient (Wildman–Crippen LogP) is 2.61. The van der Waals surface area contributed by atoms with E-state index in [1.54, 1.807) is 14.2 Å². The molecular formula is C15H22O4. The van der Waals surface area contributed by atoms with Gasteiger partial charge in [0.15, 0.2) is 11.5 Å². The number of aryl methyl sites for hydroxylation is 1. The van der Waals surface area contributed by atoms with Crippen molar-refractivity contribution in [3.63, 3.8) is 0 Å². The second-order valence-corrected chi connectivity index (χ2v) is 5.23. The molecule has 1 heterocycles. The van der Waals surface area contributed by atoms with Crippen LogP contribution in [0.5, 0.6) is 11.5 Å². The molecule has 0 amide bonds. The predicted molar refractivity (Wildman–Crippen MR) is 72.8 cm³/mol. The summed E-state index contributed by atoms with van der Waals surface area (Å²) in [5.41, 5.74) is 1.30. The minimum Gasteiger partial charge on any atom is -0.493 e. The van der Waals surface area contributed by atoms with E-state index in [2.05, 4.69) is 0 Å². The number of hydrogen-bond acceptors (Lipinski definition) is 4. The molecule has 1 aromatic carbocycles. The first-order valence-corrected chi connectivity index (χ1v) is 6.56.